The summed E-state index contributed by atoms with van der Waals surface area (Å²) in [4.78, 5) is 2.13. The van der Waals surface area contributed by atoms with Gasteiger partial charge in [0.1, 0.15) is 10.3 Å². The Bertz CT molecular complexity index is 781. The number of thiazole rings is 2. The van der Waals surface area contributed by atoms with Gasteiger partial charge in [0.15, 0.2) is 9.92 Å². The summed E-state index contributed by atoms with van der Waals surface area (Å²) in [5, 5.41) is 6.73. The quantitative estimate of drug-likeness (QED) is 0.409. The van der Waals surface area contributed by atoms with Crippen molar-refractivity contribution in [2.75, 3.05) is 5.62 Å². The highest BCUT2D eigenvalue weighted by Crippen LogP contribution is 2.40. The van der Waals surface area contributed by atoms with Crippen molar-refractivity contribution in [3.8, 4) is 0 Å². The summed E-state index contributed by atoms with van der Waals surface area (Å²) in [7, 11) is 1.51. The predicted molar refractivity (Wildman–Crippen MR) is 88.1 cm³/mol. The average molecular weight is 363 g/mol. The standard InChI is InChI=1S/C9H6ClN4P3S2/c10-5-17(8-13-1-3-18-6(13)11-15-8)9-14-2-4-19-7(14)12-16-9/h1-4H,5H2. The molecular formula is C9H6ClN4P3S2. The minimum atomic E-state index is -0.557. The smallest absolute Gasteiger partial charge is 0.198 e. The summed E-state index contributed by atoms with van der Waals surface area (Å²) in [6.45, 7) is 0. The molecule has 4 heterocycles. The maximum atomic E-state index is 6.27. The fraction of sp³-hybridized carbons (Fsp3) is 0.111. The molecule has 4 rings (SSSR count). The molecule has 19 heavy (non-hydrogen) atoms. The molecule has 0 aromatic carbocycles. The highest BCUT2D eigenvalue weighted by molar-refractivity contribution is 7.85. The molecule has 0 radical (unpaired) electrons. The Labute approximate surface area is 126 Å². The van der Waals surface area contributed by atoms with E-state index in [0.717, 1.165) is 26.6 Å². The van der Waals surface area contributed by atoms with E-state index < -0.39 is 7.92 Å². The maximum absolute atomic E-state index is 6.27. The van der Waals surface area contributed by atoms with Crippen molar-refractivity contribution in [1.82, 2.24) is 18.3 Å². The van der Waals surface area contributed by atoms with Crippen LogP contribution in [0.5, 0.6) is 0 Å². The molecule has 0 aliphatic rings. The third-order valence-electron chi connectivity index (χ3n) is 2.66. The van der Waals surface area contributed by atoms with Crippen LogP contribution in [0.2, 0.25) is 0 Å². The molecule has 10 heteroatoms. The highest BCUT2D eigenvalue weighted by atomic mass is 35.5. The van der Waals surface area contributed by atoms with Gasteiger partial charge in [-0.2, -0.15) is 9.49 Å². The molecule has 96 valence electrons. The van der Waals surface area contributed by atoms with E-state index in [0.29, 0.717) is 5.62 Å². The van der Waals surface area contributed by atoms with Gasteiger partial charge in [0.25, 0.3) is 0 Å². The number of halogens is 1. The molecular weight excluding hydrogens is 357 g/mol. The van der Waals surface area contributed by atoms with E-state index in [1.165, 1.54) is 10.3 Å². The summed E-state index contributed by atoms with van der Waals surface area (Å²) in [5.74, 6) is 0. The van der Waals surface area contributed by atoms with Crippen LogP contribution in [-0.4, -0.2) is 23.9 Å². The lowest BCUT2D eigenvalue weighted by Gasteiger charge is -2.10. The summed E-state index contributed by atoms with van der Waals surface area (Å²) in [6, 6.07) is 0. The molecule has 0 spiro atoms. The van der Waals surface area contributed by atoms with Gasteiger partial charge in [-0.15, -0.1) is 34.3 Å². The topological polar surface area (TPSA) is 34.6 Å². The molecule has 0 fully saturated rings. The fourth-order valence-electron chi connectivity index (χ4n) is 1.83. The molecule has 0 aliphatic heterocycles. The van der Waals surface area contributed by atoms with Crippen LogP contribution in [0.4, 0.5) is 0 Å². The van der Waals surface area contributed by atoms with Crippen molar-refractivity contribution in [3.05, 3.63) is 23.2 Å². The highest BCUT2D eigenvalue weighted by Gasteiger charge is 2.22. The van der Waals surface area contributed by atoms with Crippen molar-refractivity contribution < 1.29 is 0 Å². The molecule has 0 bridgehead atoms. The van der Waals surface area contributed by atoms with Crippen LogP contribution >= 0.6 is 58.9 Å². The first kappa shape index (κ1) is 12.6. The second-order valence-corrected chi connectivity index (χ2v) is 10.4. The number of hydrogen-bond donors (Lipinski definition) is 0. The Hall–Kier alpha value is -0.0800. The van der Waals surface area contributed by atoms with E-state index in [1.807, 2.05) is 0 Å². The fourth-order valence-corrected chi connectivity index (χ4v) is 9.70. The molecule has 4 aromatic rings. The second-order valence-electron chi connectivity index (χ2n) is 3.66. The molecule has 0 aliphatic carbocycles. The Morgan fingerprint density at radius 3 is 2.05 bits per heavy atom. The number of aromatic nitrogens is 4. The Kier molecular flexibility index (Phi) is 3.35. The Morgan fingerprint density at radius 2 is 1.58 bits per heavy atom. The second kappa shape index (κ2) is 5.04. The van der Waals surface area contributed by atoms with Crippen molar-refractivity contribution in [3.63, 3.8) is 0 Å². The number of nitrogens with zero attached hydrogens (tertiary/aromatic N) is 4. The van der Waals surface area contributed by atoms with Crippen LogP contribution in [0.1, 0.15) is 0 Å². The first-order valence-corrected chi connectivity index (χ1v) is 10.8. The molecule has 0 N–H and O–H groups in total. The van der Waals surface area contributed by atoms with E-state index in [-0.39, 0.29) is 0 Å². The lowest BCUT2D eigenvalue weighted by molar-refractivity contribution is 1.26. The van der Waals surface area contributed by atoms with Gasteiger partial charge >= 0.3 is 0 Å². The Morgan fingerprint density at radius 1 is 1.05 bits per heavy atom. The van der Waals surface area contributed by atoms with Gasteiger partial charge in [0.05, 0.1) is 22.3 Å². The van der Waals surface area contributed by atoms with E-state index in [9.17, 15) is 0 Å². The van der Waals surface area contributed by atoms with Crippen molar-refractivity contribution in [2.45, 2.75) is 0 Å². The number of rotatable bonds is 3. The van der Waals surface area contributed by atoms with Crippen LogP contribution in [0.15, 0.2) is 23.2 Å². The first-order valence-electron chi connectivity index (χ1n) is 5.28. The van der Waals surface area contributed by atoms with Crippen LogP contribution in [-0.2, 0) is 0 Å². The lowest BCUT2D eigenvalue weighted by Crippen LogP contribution is -2.15. The van der Waals surface area contributed by atoms with Crippen molar-refractivity contribution >= 4 is 79.2 Å². The molecule has 0 unspecified atom stereocenters. The number of fused-ring (bicyclic) bond motifs is 2. The third-order valence-corrected chi connectivity index (χ3v) is 10.2. The predicted octanol–water partition coefficient (Wildman–Crippen LogP) is 3.89. The van der Waals surface area contributed by atoms with E-state index in [2.05, 4.69) is 41.4 Å². The van der Waals surface area contributed by atoms with Crippen molar-refractivity contribution in [1.29, 1.82) is 0 Å². The molecule has 0 amide bonds. The maximum Gasteiger partial charge on any atom is 0.198 e. The molecule has 0 saturated heterocycles. The monoisotopic (exact) mass is 362 g/mol. The zero-order chi connectivity index (χ0) is 12.8. The molecule has 0 saturated carbocycles. The minimum Gasteiger partial charge on any atom is -0.286 e. The van der Waals surface area contributed by atoms with Gasteiger partial charge < -0.3 is 0 Å². The van der Waals surface area contributed by atoms with Gasteiger partial charge in [-0.1, -0.05) is 0 Å². The zero-order valence-corrected chi connectivity index (χ0v) is 14.4. The van der Waals surface area contributed by atoms with Gasteiger partial charge in [-0.3, -0.25) is 8.80 Å². The van der Waals surface area contributed by atoms with Crippen LogP contribution in [0, 0.1) is 0 Å². The SMILES string of the molecule is ClCP(c1pnc2sccn12)c1pnc2sccn12. The minimum absolute atomic E-state index is 0.557. The van der Waals surface area contributed by atoms with Gasteiger partial charge in [-0.25, -0.2) is 0 Å². The summed E-state index contributed by atoms with van der Waals surface area (Å²) in [6.07, 6.45) is 4.17. The largest absolute Gasteiger partial charge is 0.286 e. The van der Waals surface area contributed by atoms with Crippen LogP contribution in [0.25, 0.3) is 9.92 Å². The first-order chi connectivity index (χ1) is 9.38. The number of alkyl halides is 1. The Balaban J connectivity index is 1.92. The van der Waals surface area contributed by atoms with E-state index in [4.69, 9.17) is 11.6 Å². The molecule has 4 nitrogen and oxygen atoms in total. The molecule has 4 aromatic heterocycles. The van der Waals surface area contributed by atoms with Crippen LogP contribution < -0.4 is 10.3 Å². The van der Waals surface area contributed by atoms with Gasteiger partial charge in [0, 0.05) is 31.1 Å². The summed E-state index contributed by atoms with van der Waals surface area (Å²) >= 11 is 9.61. The number of hydrogen-bond acceptors (Lipinski definition) is 4. The van der Waals surface area contributed by atoms with Gasteiger partial charge in [0.2, 0.25) is 0 Å². The third kappa shape index (κ3) is 1.98. The molecule has 0 atom stereocenters. The summed E-state index contributed by atoms with van der Waals surface area (Å²) < 4.78 is 13.5. The van der Waals surface area contributed by atoms with Crippen LogP contribution in [0.3, 0.4) is 0 Å². The average Bonchev–Trinajstić information content (AvgIpc) is 3.11. The van der Waals surface area contributed by atoms with Gasteiger partial charge in [-0.05, 0) is 0 Å². The normalized spacial score (nSPS) is 14.4. The zero-order valence-electron chi connectivity index (χ0n) is 9.34. The van der Waals surface area contributed by atoms with E-state index >= 15 is 0 Å². The van der Waals surface area contributed by atoms with E-state index in [1.54, 1.807) is 22.7 Å². The lowest BCUT2D eigenvalue weighted by atomic mass is 11.0. The van der Waals surface area contributed by atoms with Crippen molar-refractivity contribution in [2.24, 2.45) is 0 Å². The summed E-state index contributed by atoms with van der Waals surface area (Å²) in [5.41, 5.74) is 0.621.